The van der Waals surface area contributed by atoms with Gasteiger partial charge in [-0.1, -0.05) is 29.3 Å². The average Bonchev–Trinajstić information content (AvgIpc) is 3.43. The second kappa shape index (κ2) is 7.98. The number of amides is 2. The molecule has 2 aromatic carbocycles. The Bertz CT molecular complexity index is 851. The molecule has 5 nitrogen and oxygen atoms in total. The Morgan fingerprint density at radius 3 is 2.46 bits per heavy atom. The zero-order valence-corrected chi connectivity index (χ0v) is 15.7. The lowest BCUT2D eigenvalue weighted by atomic mass is 10.1. The highest BCUT2D eigenvalue weighted by Gasteiger charge is 2.29. The molecule has 0 radical (unpaired) electrons. The zero-order valence-electron chi connectivity index (χ0n) is 14.2. The van der Waals surface area contributed by atoms with Gasteiger partial charge >= 0.3 is 0 Å². The molecule has 1 aliphatic carbocycles. The van der Waals surface area contributed by atoms with Gasteiger partial charge < -0.3 is 16.0 Å². The van der Waals surface area contributed by atoms with Gasteiger partial charge in [-0.3, -0.25) is 9.59 Å². The van der Waals surface area contributed by atoms with E-state index in [2.05, 4.69) is 16.0 Å². The first-order chi connectivity index (χ1) is 12.4. The highest BCUT2D eigenvalue weighted by atomic mass is 35.5. The van der Waals surface area contributed by atoms with Crippen LogP contribution in [-0.4, -0.2) is 18.4 Å². The molecular weight excluding hydrogens is 373 g/mol. The van der Waals surface area contributed by atoms with Gasteiger partial charge in [0.05, 0.1) is 17.3 Å². The lowest BCUT2D eigenvalue weighted by Gasteiger charge is -2.14. The number of carbonyl (C=O) groups is 2. The minimum absolute atomic E-state index is 0.0559. The van der Waals surface area contributed by atoms with Crippen LogP contribution in [-0.2, 0) is 9.59 Å². The molecule has 1 saturated carbocycles. The van der Waals surface area contributed by atoms with Gasteiger partial charge in [-0.25, -0.2) is 0 Å². The van der Waals surface area contributed by atoms with E-state index in [1.807, 2.05) is 25.1 Å². The van der Waals surface area contributed by atoms with Gasteiger partial charge in [-0.15, -0.1) is 0 Å². The van der Waals surface area contributed by atoms with E-state index >= 15 is 0 Å². The third kappa shape index (κ3) is 4.68. The molecular formula is C19H19Cl2N3O2. The van der Waals surface area contributed by atoms with Gasteiger partial charge in [0.25, 0.3) is 0 Å². The Balaban J connectivity index is 1.60. The minimum Gasteiger partial charge on any atom is -0.376 e. The maximum Gasteiger partial charge on any atom is 0.243 e. The van der Waals surface area contributed by atoms with Crippen molar-refractivity contribution in [1.29, 1.82) is 0 Å². The first-order valence-electron chi connectivity index (χ1n) is 8.33. The summed E-state index contributed by atoms with van der Waals surface area (Å²) >= 11 is 11.9. The quantitative estimate of drug-likeness (QED) is 0.667. The van der Waals surface area contributed by atoms with Gasteiger partial charge in [-0.05, 0) is 55.7 Å². The molecule has 0 atom stereocenters. The van der Waals surface area contributed by atoms with Gasteiger partial charge in [-0.2, -0.15) is 0 Å². The normalized spacial score (nSPS) is 13.2. The van der Waals surface area contributed by atoms with Gasteiger partial charge in [0.15, 0.2) is 0 Å². The fourth-order valence-electron chi connectivity index (χ4n) is 2.50. The first-order valence-corrected chi connectivity index (χ1v) is 9.09. The van der Waals surface area contributed by atoms with Crippen LogP contribution in [0.4, 0.5) is 17.1 Å². The predicted molar refractivity (Wildman–Crippen MR) is 106 cm³/mol. The Morgan fingerprint density at radius 2 is 1.77 bits per heavy atom. The molecule has 0 aliphatic heterocycles. The Kier molecular flexibility index (Phi) is 5.69. The maximum absolute atomic E-state index is 12.2. The van der Waals surface area contributed by atoms with Crippen LogP contribution >= 0.6 is 23.2 Å². The van der Waals surface area contributed by atoms with Crippen LogP contribution in [0.2, 0.25) is 10.0 Å². The van der Waals surface area contributed by atoms with Crippen molar-refractivity contribution in [3.05, 3.63) is 52.0 Å². The van der Waals surface area contributed by atoms with E-state index < -0.39 is 0 Å². The van der Waals surface area contributed by atoms with Crippen LogP contribution in [0.3, 0.4) is 0 Å². The Labute approximate surface area is 162 Å². The molecule has 0 saturated heterocycles. The van der Waals surface area contributed by atoms with Crippen LogP contribution in [0.25, 0.3) is 0 Å². The number of carbonyl (C=O) groups excluding carboxylic acids is 2. The summed E-state index contributed by atoms with van der Waals surface area (Å²) < 4.78 is 0. The summed E-state index contributed by atoms with van der Waals surface area (Å²) in [7, 11) is 0. The topological polar surface area (TPSA) is 70.2 Å². The number of anilines is 3. The second-order valence-electron chi connectivity index (χ2n) is 6.27. The number of nitrogens with one attached hydrogen (secondary N) is 3. The van der Waals surface area contributed by atoms with Crippen LogP contribution < -0.4 is 16.0 Å². The third-order valence-electron chi connectivity index (χ3n) is 4.18. The number of hydrogen-bond acceptors (Lipinski definition) is 3. The summed E-state index contributed by atoms with van der Waals surface area (Å²) in [6.45, 7) is 1.97. The van der Waals surface area contributed by atoms with Gasteiger partial charge in [0, 0.05) is 22.3 Å². The largest absolute Gasteiger partial charge is 0.376 e. The molecule has 3 rings (SSSR count). The van der Waals surface area contributed by atoms with Crippen LogP contribution in [0, 0.1) is 12.8 Å². The van der Waals surface area contributed by atoms with E-state index in [9.17, 15) is 9.59 Å². The van der Waals surface area contributed by atoms with Crippen LogP contribution in [0.15, 0.2) is 36.4 Å². The molecule has 1 aliphatic rings. The van der Waals surface area contributed by atoms with Crippen molar-refractivity contribution in [1.82, 2.24) is 0 Å². The standard InChI is InChI=1S/C19H19Cl2N3O2/c1-11-15(3-2-4-16(11)24-19(26)12-5-6-12)22-10-18(25)23-17-8-7-13(20)9-14(17)21/h2-4,7-9,12,22H,5-6,10H2,1H3,(H,23,25)(H,24,26). The SMILES string of the molecule is Cc1c(NCC(=O)Nc2ccc(Cl)cc2Cl)cccc1NC(=O)C1CC1. The third-order valence-corrected chi connectivity index (χ3v) is 4.73. The lowest BCUT2D eigenvalue weighted by Crippen LogP contribution is -2.22. The first kappa shape index (κ1) is 18.5. The number of halogens is 2. The number of rotatable bonds is 6. The summed E-state index contributed by atoms with van der Waals surface area (Å²) in [5.74, 6) is -0.0395. The molecule has 2 amide bonds. The summed E-state index contributed by atoms with van der Waals surface area (Å²) in [5, 5.41) is 9.66. The van der Waals surface area contributed by atoms with Crippen molar-refractivity contribution >= 4 is 52.1 Å². The lowest BCUT2D eigenvalue weighted by molar-refractivity contribution is -0.117. The van der Waals surface area contributed by atoms with Crippen molar-refractivity contribution in [2.75, 3.05) is 22.5 Å². The number of benzene rings is 2. The molecule has 1 fully saturated rings. The highest BCUT2D eigenvalue weighted by molar-refractivity contribution is 6.36. The van der Waals surface area contributed by atoms with Crippen LogP contribution in [0.1, 0.15) is 18.4 Å². The highest BCUT2D eigenvalue weighted by Crippen LogP contribution is 2.31. The Morgan fingerprint density at radius 1 is 1.04 bits per heavy atom. The Hall–Kier alpha value is -2.24. The van der Waals surface area contributed by atoms with Crippen molar-refractivity contribution in [3.63, 3.8) is 0 Å². The maximum atomic E-state index is 12.2. The molecule has 7 heteroatoms. The fraction of sp³-hybridized carbons (Fsp3) is 0.263. The summed E-state index contributed by atoms with van der Waals surface area (Å²) in [6.07, 6.45) is 1.91. The summed E-state index contributed by atoms with van der Waals surface area (Å²) in [5.41, 5.74) is 2.94. The molecule has 2 aromatic rings. The van der Waals surface area contributed by atoms with E-state index in [1.54, 1.807) is 18.2 Å². The molecule has 0 spiro atoms. The molecule has 3 N–H and O–H groups in total. The molecule has 0 bridgehead atoms. The van der Waals surface area contributed by atoms with Crippen molar-refractivity contribution in [2.45, 2.75) is 19.8 Å². The predicted octanol–water partition coefficient (Wildman–Crippen LogP) is 4.70. The molecule has 0 unspecified atom stereocenters. The van der Waals surface area contributed by atoms with E-state index in [4.69, 9.17) is 23.2 Å². The zero-order chi connectivity index (χ0) is 18.7. The molecule has 26 heavy (non-hydrogen) atoms. The monoisotopic (exact) mass is 391 g/mol. The van der Waals surface area contributed by atoms with Gasteiger partial charge in [0.1, 0.15) is 0 Å². The van der Waals surface area contributed by atoms with Crippen LogP contribution in [0.5, 0.6) is 0 Å². The van der Waals surface area contributed by atoms with E-state index in [0.717, 1.165) is 29.8 Å². The molecule has 0 heterocycles. The van der Waals surface area contributed by atoms with E-state index in [-0.39, 0.29) is 24.3 Å². The smallest absolute Gasteiger partial charge is 0.243 e. The summed E-state index contributed by atoms with van der Waals surface area (Å²) in [4.78, 5) is 24.1. The molecule has 0 aromatic heterocycles. The van der Waals surface area contributed by atoms with Crippen molar-refractivity contribution in [3.8, 4) is 0 Å². The van der Waals surface area contributed by atoms with Crippen molar-refractivity contribution in [2.24, 2.45) is 5.92 Å². The summed E-state index contributed by atoms with van der Waals surface area (Å²) in [6, 6.07) is 10.4. The van der Waals surface area contributed by atoms with Gasteiger partial charge in [0.2, 0.25) is 11.8 Å². The van der Waals surface area contributed by atoms with E-state index in [1.165, 1.54) is 0 Å². The number of hydrogen-bond donors (Lipinski definition) is 3. The van der Waals surface area contributed by atoms with Crippen molar-refractivity contribution < 1.29 is 9.59 Å². The minimum atomic E-state index is -0.235. The second-order valence-corrected chi connectivity index (χ2v) is 7.11. The molecule has 136 valence electrons. The average molecular weight is 392 g/mol. The fourth-order valence-corrected chi connectivity index (χ4v) is 2.96. The van der Waals surface area contributed by atoms with E-state index in [0.29, 0.717) is 15.7 Å².